The van der Waals surface area contributed by atoms with E-state index >= 15 is 0 Å². The Hall–Kier alpha value is -2.94. The molecule has 1 N–H and O–H groups in total. The van der Waals surface area contributed by atoms with Crippen molar-refractivity contribution in [3.63, 3.8) is 0 Å². The van der Waals surface area contributed by atoms with E-state index < -0.39 is 0 Å². The highest BCUT2D eigenvalue weighted by molar-refractivity contribution is 6.45. The van der Waals surface area contributed by atoms with Crippen LogP contribution in [0.3, 0.4) is 0 Å². The van der Waals surface area contributed by atoms with Crippen molar-refractivity contribution in [1.82, 2.24) is 0 Å². The summed E-state index contributed by atoms with van der Waals surface area (Å²) in [6.45, 7) is 5.18. The highest BCUT2D eigenvalue weighted by Crippen LogP contribution is 2.33. The summed E-state index contributed by atoms with van der Waals surface area (Å²) in [4.78, 5) is 9.42. The van der Waals surface area contributed by atoms with Crippen molar-refractivity contribution in [2.75, 3.05) is 11.9 Å². The largest absolute Gasteiger partial charge is 0.385 e. The van der Waals surface area contributed by atoms with Crippen LogP contribution >= 0.6 is 0 Å². The van der Waals surface area contributed by atoms with Gasteiger partial charge >= 0.3 is 0 Å². The highest BCUT2D eigenvalue weighted by atomic mass is 14.9. The Morgan fingerprint density at radius 1 is 1.15 bits per heavy atom. The molecule has 1 aromatic carbocycles. The fraction of sp³-hybridized carbons (Fsp3) is 0.250. The van der Waals surface area contributed by atoms with Crippen molar-refractivity contribution >= 4 is 17.1 Å². The Bertz CT molecular complexity index is 952. The topological polar surface area (TPSA) is 36.8 Å². The first-order valence-corrected chi connectivity index (χ1v) is 9.64. The summed E-state index contributed by atoms with van der Waals surface area (Å²) in [6.07, 6.45) is 16.8. The number of rotatable bonds is 5. The Labute approximate surface area is 161 Å². The average Bonchev–Trinajstić information content (AvgIpc) is 2.99. The molecule has 2 aliphatic heterocycles. The highest BCUT2D eigenvalue weighted by Gasteiger charge is 2.29. The smallest absolute Gasteiger partial charge is 0.0735 e. The van der Waals surface area contributed by atoms with Gasteiger partial charge in [-0.1, -0.05) is 48.1 Å². The van der Waals surface area contributed by atoms with Gasteiger partial charge in [0.2, 0.25) is 0 Å². The summed E-state index contributed by atoms with van der Waals surface area (Å²) in [6, 6.07) is 8.56. The lowest BCUT2D eigenvalue weighted by atomic mass is 9.86. The Kier molecular flexibility index (Phi) is 5.01. The molecule has 0 saturated heterocycles. The number of anilines is 1. The molecule has 1 unspecified atom stereocenters. The first-order valence-electron chi connectivity index (χ1n) is 9.64. The van der Waals surface area contributed by atoms with Crippen LogP contribution in [-0.2, 0) is 6.42 Å². The third kappa shape index (κ3) is 3.77. The van der Waals surface area contributed by atoms with Gasteiger partial charge in [0.25, 0.3) is 0 Å². The van der Waals surface area contributed by atoms with Crippen molar-refractivity contribution in [2.24, 2.45) is 15.9 Å². The lowest BCUT2D eigenvalue weighted by molar-refractivity contribution is 1.06. The van der Waals surface area contributed by atoms with E-state index in [1.807, 2.05) is 12.4 Å². The number of nitrogens with one attached hydrogen (secondary N) is 1. The first kappa shape index (κ1) is 17.5. The fourth-order valence-electron chi connectivity index (χ4n) is 3.70. The molecule has 0 spiro atoms. The molecule has 1 atom stereocenters. The van der Waals surface area contributed by atoms with Crippen LogP contribution in [0.4, 0.5) is 5.69 Å². The third-order valence-electron chi connectivity index (χ3n) is 5.09. The molecule has 0 radical (unpaired) electrons. The second kappa shape index (κ2) is 7.75. The quantitative estimate of drug-likeness (QED) is 0.752. The number of aliphatic imine (C=N–C) groups is 2. The first-order chi connectivity index (χ1) is 13.2. The summed E-state index contributed by atoms with van der Waals surface area (Å²) >= 11 is 0. The minimum atomic E-state index is 0.212. The molecule has 0 aromatic heterocycles. The van der Waals surface area contributed by atoms with Crippen LogP contribution in [0.2, 0.25) is 0 Å². The molecule has 27 heavy (non-hydrogen) atoms. The molecule has 4 rings (SSSR count). The predicted molar refractivity (Wildman–Crippen MR) is 115 cm³/mol. The van der Waals surface area contributed by atoms with Crippen molar-refractivity contribution in [3.8, 4) is 0 Å². The van der Waals surface area contributed by atoms with Gasteiger partial charge in [-0.3, -0.25) is 9.98 Å². The van der Waals surface area contributed by atoms with Gasteiger partial charge in [-0.05, 0) is 49.1 Å². The molecule has 0 amide bonds. The van der Waals surface area contributed by atoms with Crippen molar-refractivity contribution in [2.45, 2.75) is 26.7 Å². The van der Waals surface area contributed by atoms with E-state index in [0.717, 1.165) is 36.5 Å². The van der Waals surface area contributed by atoms with E-state index in [1.165, 1.54) is 22.3 Å². The van der Waals surface area contributed by atoms with E-state index in [2.05, 4.69) is 78.8 Å². The van der Waals surface area contributed by atoms with Crippen LogP contribution in [0.15, 0.2) is 93.7 Å². The van der Waals surface area contributed by atoms with E-state index in [9.17, 15) is 0 Å². The summed E-state index contributed by atoms with van der Waals surface area (Å²) in [5, 5.41) is 3.38. The van der Waals surface area contributed by atoms with Crippen LogP contribution in [0.5, 0.6) is 0 Å². The average molecular weight is 355 g/mol. The van der Waals surface area contributed by atoms with E-state index in [0.29, 0.717) is 0 Å². The molecule has 0 bridgehead atoms. The molecule has 0 fully saturated rings. The van der Waals surface area contributed by atoms with Crippen molar-refractivity contribution in [1.29, 1.82) is 0 Å². The molecule has 136 valence electrons. The molecule has 2 heterocycles. The molecule has 3 heteroatoms. The van der Waals surface area contributed by atoms with Crippen LogP contribution in [0.25, 0.3) is 0 Å². The van der Waals surface area contributed by atoms with Crippen LogP contribution in [0, 0.1) is 5.92 Å². The maximum absolute atomic E-state index is 4.77. The van der Waals surface area contributed by atoms with E-state index in [1.54, 1.807) is 0 Å². The van der Waals surface area contributed by atoms with Gasteiger partial charge in [0.1, 0.15) is 0 Å². The van der Waals surface area contributed by atoms with Crippen molar-refractivity contribution < 1.29 is 0 Å². The van der Waals surface area contributed by atoms with Gasteiger partial charge in [-0.15, -0.1) is 0 Å². The van der Waals surface area contributed by atoms with Crippen LogP contribution in [-0.4, -0.2) is 18.0 Å². The number of fused-ring (bicyclic) bond motifs is 1. The summed E-state index contributed by atoms with van der Waals surface area (Å²) in [7, 11) is 0. The maximum atomic E-state index is 4.77. The lowest BCUT2D eigenvalue weighted by Gasteiger charge is -2.19. The van der Waals surface area contributed by atoms with E-state index in [-0.39, 0.29) is 5.92 Å². The van der Waals surface area contributed by atoms with Gasteiger partial charge in [0.05, 0.1) is 11.4 Å². The zero-order valence-corrected chi connectivity index (χ0v) is 15.9. The Balaban J connectivity index is 1.52. The van der Waals surface area contributed by atoms with E-state index in [4.69, 9.17) is 4.99 Å². The van der Waals surface area contributed by atoms with Gasteiger partial charge in [-0.2, -0.15) is 0 Å². The SMILES string of the molecule is CCNc1cccc(CC2=NC=CC3C(C4=CCC=C(C)C=C4)=CN=C23)c1. The molecule has 3 nitrogen and oxygen atoms in total. The van der Waals surface area contributed by atoms with Gasteiger partial charge < -0.3 is 5.32 Å². The Morgan fingerprint density at radius 3 is 2.96 bits per heavy atom. The molecule has 0 saturated carbocycles. The summed E-state index contributed by atoms with van der Waals surface area (Å²) < 4.78 is 0. The molecule has 3 aliphatic rings. The number of allylic oxidation sites excluding steroid dienone is 8. The minimum absolute atomic E-state index is 0.212. The standard InChI is InChI=1S/C24H25N3/c1-3-25-20-9-5-7-18(14-20)15-23-24-21(12-13-26-23)22(16-27-24)19-8-4-6-17(2)10-11-19/h5-14,16,21,25H,3-4,15H2,1-2H3. The zero-order chi connectivity index (χ0) is 18.6. The minimum Gasteiger partial charge on any atom is -0.385 e. The molecule has 1 aliphatic carbocycles. The zero-order valence-electron chi connectivity index (χ0n) is 15.9. The Morgan fingerprint density at radius 2 is 2.07 bits per heavy atom. The second-order valence-corrected chi connectivity index (χ2v) is 7.08. The van der Waals surface area contributed by atoms with Gasteiger partial charge in [0, 0.05) is 37.0 Å². The predicted octanol–water partition coefficient (Wildman–Crippen LogP) is 5.42. The van der Waals surface area contributed by atoms with Crippen LogP contribution < -0.4 is 5.32 Å². The number of hydrogen-bond acceptors (Lipinski definition) is 3. The second-order valence-electron chi connectivity index (χ2n) is 7.08. The monoisotopic (exact) mass is 355 g/mol. The fourth-order valence-corrected chi connectivity index (χ4v) is 3.70. The lowest BCUT2D eigenvalue weighted by Crippen LogP contribution is -2.26. The van der Waals surface area contributed by atoms with Crippen LogP contribution in [0.1, 0.15) is 25.8 Å². The summed E-state index contributed by atoms with van der Waals surface area (Å²) in [5.41, 5.74) is 8.41. The molecule has 1 aromatic rings. The van der Waals surface area contributed by atoms with Crippen molar-refractivity contribution in [3.05, 3.63) is 89.3 Å². The maximum Gasteiger partial charge on any atom is 0.0735 e. The molecular weight excluding hydrogens is 330 g/mol. The third-order valence-corrected chi connectivity index (χ3v) is 5.09. The number of benzene rings is 1. The van der Waals surface area contributed by atoms with Gasteiger partial charge in [-0.25, -0.2) is 0 Å². The molecular formula is C24H25N3. The number of nitrogens with zero attached hydrogens (tertiary/aromatic N) is 2. The normalized spacial score (nSPS) is 20.8. The number of hydrogen-bond donors (Lipinski definition) is 1. The summed E-state index contributed by atoms with van der Waals surface area (Å²) in [5.74, 6) is 0.212. The van der Waals surface area contributed by atoms with Gasteiger partial charge in [0.15, 0.2) is 0 Å².